The van der Waals surface area contributed by atoms with Crippen LogP contribution in [0.2, 0.25) is 0 Å². The molecule has 2 amide bonds. The third-order valence-corrected chi connectivity index (χ3v) is 6.04. The number of carbonyl (C=O) groups is 2. The van der Waals surface area contributed by atoms with Gasteiger partial charge in [0.25, 0.3) is 5.91 Å². The summed E-state index contributed by atoms with van der Waals surface area (Å²) in [5.41, 5.74) is 6.92. The number of para-hydroxylation sites is 1. The average molecular weight is 427 g/mol. The van der Waals surface area contributed by atoms with Crippen molar-refractivity contribution in [2.45, 2.75) is 30.4 Å². The third-order valence-electron chi connectivity index (χ3n) is 4.96. The summed E-state index contributed by atoms with van der Waals surface area (Å²) in [4.78, 5) is 30.2. The van der Waals surface area contributed by atoms with Gasteiger partial charge in [0.05, 0.1) is 5.56 Å². The van der Waals surface area contributed by atoms with Crippen LogP contribution < -0.4 is 15.8 Å². The molecule has 1 aliphatic heterocycles. The zero-order valence-corrected chi connectivity index (χ0v) is 18.5. The Morgan fingerprint density at radius 3 is 2.30 bits per heavy atom. The molecule has 1 aliphatic rings. The molecule has 0 saturated carbocycles. The number of hydrogen-bond acceptors (Lipinski definition) is 5. The number of amides is 2. The fourth-order valence-electron chi connectivity index (χ4n) is 3.40. The zero-order valence-electron chi connectivity index (χ0n) is 17.6. The number of hydrazine groups is 1. The van der Waals surface area contributed by atoms with Crippen LogP contribution in [0, 0.1) is 0 Å². The molecule has 2 aromatic carbocycles. The minimum atomic E-state index is -0.288. The van der Waals surface area contributed by atoms with Crippen LogP contribution in [-0.2, 0) is 4.79 Å². The van der Waals surface area contributed by atoms with Gasteiger partial charge in [0.2, 0.25) is 5.91 Å². The van der Waals surface area contributed by atoms with Crippen molar-refractivity contribution in [2.24, 2.45) is 0 Å². The lowest BCUT2D eigenvalue weighted by Gasteiger charge is -2.36. The maximum Gasteiger partial charge on any atom is 0.270 e. The predicted octanol–water partition coefficient (Wildman–Crippen LogP) is 3.16. The Morgan fingerprint density at radius 1 is 0.933 bits per heavy atom. The van der Waals surface area contributed by atoms with Gasteiger partial charge in [-0.1, -0.05) is 44.2 Å². The van der Waals surface area contributed by atoms with E-state index in [4.69, 9.17) is 0 Å². The Morgan fingerprint density at radius 2 is 1.60 bits per heavy atom. The fourth-order valence-corrected chi connectivity index (χ4v) is 4.35. The quantitative estimate of drug-likeness (QED) is 0.526. The highest BCUT2D eigenvalue weighted by molar-refractivity contribution is 8.00. The van der Waals surface area contributed by atoms with E-state index < -0.39 is 0 Å². The molecule has 0 radical (unpaired) electrons. The molecule has 1 saturated heterocycles. The molecule has 30 heavy (non-hydrogen) atoms. The summed E-state index contributed by atoms with van der Waals surface area (Å²) in [7, 11) is 0. The summed E-state index contributed by atoms with van der Waals surface area (Å²) in [6.07, 6.45) is 0.355. The van der Waals surface area contributed by atoms with Gasteiger partial charge in [0, 0.05) is 55.0 Å². The molecule has 2 aromatic rings. The van der Waals surface area contributed by atoms with Gasteiger partial charge in [-0.2, -0.15) is 0 Å². The van der Waals surface area contributed by atoms with E-state index in [1.165, 1.54) is 5.69 Å². The van der Waals surface area contributed by atoms with E-state index in [1.54, 1.807) is 17.8 Å². The SMILES string of the molecule is CC(C)Sc1ccccc1C(=O)NNC(=O)CCN1CCN(c2ccccc2)CC1. The first-order valence-electron chi connectivity index (χ1n) is 10.4. The second-order valence-electron chi connectivity index (χ2n) is 7.58. The highest BCUT2D eigenvalue weighted by atomic mass is 32.2. The normalized spacial score (nSPS) is 14.6. The lowest BCUT2D eigenvalue weighted by molar-refractivity contribution is -0.122. The summed E-state index contributed by atoms with van der Waals surface area (Å²) in [6.45, 7) is 8.60. The number of carbonyl (C=O) groups excluding carboxylic acids is 2. The smallest absolute Gasteiger partial charge is 0.270 e. The van der Waals surface area contributed by atoms with E-state index in [0.717, 1.165) is 31.1 Å². The topological polar surface area (TPSA) is 64.7 Å². The number of hydrogen-bond donors (Lipinski definition) is 2. The van der Waals surface area contributed by atoms with Crippen molar-refractivity contribution in [3.8, 4) is 0 Å². The summed E-state index contributed by atoms with van der Waals surface area (Å²) in [5.74, 6) is -0.466. The van der Waals surface area contributed by atoms with Crippen molar-refractivity contribution in [1.29, 1.82) is 0 Å². The van der Waals surface area contributed by atoms with Gasteiger partial charge >= 0.3 is 0 Å². The second-order valence-corrected chi connectivity index (χ2v) is 9.20. The molecular weight excluding hydrogens is 396 g/mol. The van der Waals surface area contributed by atoms with E-state index in [1.807, 2.05) is 24.3 Å². The Labute approximate surface area is 183 Å². The van der Waals surface area contributed by atoms with Crippen LogP contribution in [0.3, 0.4) is 0 Å². The van der Waals surface area contributed by atoms with Gasteiger partial charge in [-0.25, -0.2) is 0 Å². The number of anilines is 1. The third kappa shape index (κ3) is 6.50. The molecule has 160 valence electrons. The van der Waals surface area contributed by atoms with E-state index in [-0.39, 0.29) is 11.8 Å². The highest BCUT2D eigenvalue weighted by Gasteiger charge is 2.18. The first kappa shape index (κ1) is 22.2. The van der Waals surface area contributed by atoms with Crippen molar-refractivity contribution < 1.29 is 9.59 Å². The molecular formula is C23H30N4O2S. The molecule has 6 nitrogen and oxygen atoms in total. The standard InChI is InChI=1S/C23H30N4O2S/c1-18(2)30-21-11-7-6-10-20(21)23(29)25-24-22(28)12-13-26-14-16-27(17-15-26)19-8-4-3-5-9-19/h3-11,18H,12-17H2,1-2H3,(H,24,28)(H,25,29). The number of nitrogens with zero attached hydrogens (tertiary/aromatic N) is 2. The summed E-state index contributed by atoms with van der Waals surface area (Å²) in [5, 5.41) is 0.371. The number of benzene rings is 2. The van der Waals surface area contributed by atoms with Gasteiger partial charge in [-0.15, -0.1) is 11.8 Å². The minimum Gasteiger partial charge on any atom is -0.369 e. The second kappa shape index (κ2) is 11.0. The summed E-state index contributed by atoms with van der Waals surface area (Å²) < 4.78 is 0. The van der Waals surface area contributed by atoms with Gasteiger partial charge < -0.3 is 4.90 Å². The molecule has 1 heterocycles. The molecule has 0 aliphatic carbocycles. The molecule has 3 rings (SSSR count). The average Bonchev–Trinajstić information content (AvgIpc) is 2.77. The van der Waals surface area contributed by atoms with Crippen molar-refractivity contribution in [3.05, 3.63) is 60.2 Å². The molecule has 0 bridgehead atoms. The van der Waals surface area contributed by atoms with Crippen LogP contribution >= 0.6 is 11.8 Å². The number of thioether (sulfide) groups is 1. The van der Waals surface area contributed by atoms with Gasteiger partial charge in [-0.05, 0) is 24.3 Å². The molecule has 7 heteroatoms. The van der Waals surface area contributed by atoms with E-state index in [2.05, 4.69) is 58.8 Å². The Hall–Kier alpha value is -2.51. The number of nitrogens with one attached hydrogen (secondary N) is 2. The molecule has 0 unspecified atom stereocenters. The fraction of sp³-hybridized carbons (Fsp3) is 0.391. The first-order valence-corrected chi connectivity index (χ1v) is 11.3. The maximum atomic E-state index is 12.5. The minimum absolute atomic E-state index is 0.178. The van der Waals surface area contributed by atoms with E-state index in [9.17, 15) is 9.59 Å². The Kier molecular flexibility index (Phi) is 8.16. The molecule has 0 atom stereocenters. The highest BCUT2D eigenvalue weighted by Crippen LogP contribution is 2.26. The molecule has 0 spiro atoms. The van der Waals surface area contributed by atoms with Crippen LogP contribution in [-0.4, -0.2) is 54.7 Å². The Balaban J connectivity index is 1.39. The largest absolute Gasteiger partial charge is 0.369 e. The van der Waals surface area contributed by atoms with E-state index >= 15 is 0 Å². The van der Waals surface area contributed by atoms with Crippen LogP contribution in [0.25, 0.3) is 0 Å². The van der Waals surface area contributed by atoms with Crippen molar-refractivity contribution in [2.75, 3.05) is 37.6 Å². The Bertz CT molecular complexity index is 836. The van der Waals surface area contributed by atoms with Crippen LogP contribution in [0.5, 0.6) is 0 Å². The van der Waals surface area contributed by atoms with Crippen molar-refractivity contribution >= 4 is 29.3 Å². The molecule has 1 fully saturated rings. The summed E-state index contributed by atoms with van der Waals surface area (Å²) >= 11 is 1.63. The monoisotopic (exact) mass is 426 g/mol. The lowest BCUT2D eigenvalue weighted by Crippen LogP contribution is -2.48. The molecule has 2 N–H and O–H groups in total. The molecule has 0 aromatic heterocycles. The van der Waals surface area contributed by atoms with Gasteiger partial charge in [-0.3, -0.25) is 25.3 Å². The predicted molar refractivity (Wildman–Crippen MR) is 123 cm³/mol. The zero-order chi connectivity index (χ0) is 21.3. The van der Waals surface area contributed by atoms with Gasteiger partial charge in [0.1, 0.15) is 0 Å². The van der Waals surface area contributed by atoms with Crippen LogP contribution in [0.4, 0.5) is 5.69 Å². The number of piperazine rings is 1. The van der Waals surface area contributed by atoms with E-state index in [0.29, 0.717) is 23.8 Å². The van der Waals surface area contributed by atoms with Crippen molar-refractivity contribution in [3.63, 3.8) is 0 Å². The number of rotatable bonds is 7. The van der Waals surface area contributed by atoms with Crippen LogP contribution in [0.15, 0.2) is 59.5 Å². The first-order chi connectivity index (χ1) is 14.5. The van der Waals surface area contributed by atoms with Gasteiger partial charge in [0.15, 0.2) is 0 Å². The summed E-state index contributed by atoms with van der Waals surface area (Å²) in [6, 6.07) is 17.8. The maximum absolute atomic E-state index is 12.5. The van der Waals surface area contributed by atoms with Crippen LogP contribution in [0.1, 0.15) is 30.6 Å². The lowest BCUT2D eigenvalue weighted by atomic mass is 10.2. The van der Waals surface area contributed by atoms with Crippen molar-refractivity contribution in [1.82, 2.24) is 15.8 Å².